The lowest BCUT2D eigenvalue weighted by molar-refractivity contribution is 0.412. The lowest BCUT2D eigenvalue weighted by Gasteiger charge is -2.24. The number of benzene rings is 1. The summed E-state index contributed by atoms with van der Waals surface area (Å²) in [5.74, 6) is 0.906. The molecule has 76 valence electrons. The molecule has 0 saturated heterocycles. The molecule has 0 atom stereocenters. The average molecular weight is 273 g/mol. The molecule has 3 heteroatoms. The van der Waals surface area contributed by atoms with Crippen LogP contribution in [0, 0.1) is 0 Å². The second-order valence-corrected chi connectivity index (χ2v) is 5.70. The molecule has 0 spiro atoms. The highest BCUT2D eigenvalue weighted by Crippen LogP contribution is 2.38. The molecule has 0 bridgehead atoms. The Labute approximate surface area is 97.4 Å². The summed E-state index contributed by atoms with van der Waals surface area (Å²) >= 11 is 5.48. The standard InChI is InChI=1S/C11H13BrOS/c1-13-11-6-5-9(7-10(11)12)14-8-3-2-4-8/h5-8H,2-4H2,1H3. The SMILES string of the molecule is COc1ccc(SC2CCC2)cc1Br. The summed E-state index contributed by atoms with van der Waals surface area (Å²) in [6.07, 6.45) is 4.14. The molecular formula is C11H13BrOS. The van der Waals surface area contributed by atoms with Crippen molar-refractivity contribution in [2.24, 2.45) is 0 Å². The molecule has 0 radical (unpaired) electrons. The van der Waals surface area contributed by atoms with Gasteiger partial charge in [0.1, 0.15) is 5.75 Å². The molecule has 0 unspecified atom stereocenters. The molecule has 1 aromatic rings. The monoisotopic (exact) mass is 272 g/mol. The maximum absolute atomic E-state index is 5.19. The van der Waals surface area contributed by atoms with E-state index in [1.165, 1.54) is 24.2 Å². The Morgan fingerprint density at radius 3 is 2.71 bits per heavy atom. The molecular weight excluding hydrogens is 260 g/mol. The Hall–Kier alpha value is -0.150. The van der Waals surface area contributed by atoms with E-state index in [4.69, 9.17) is 4.74 Å². The highest BCUT2D eigenvalue weighted by molar-refractivity contribution is 9.10. The Balaban J connectivity index is 2.07. The smallest absolute Gasteiger partial charge is 0.133 e. The molecule has 0 heterocycles. The van der Waals surface area contributed by atoms with Crippen LogP contribution in [0.1, 0.15) is 19.3 Å². The predicted molar refractivity (Wildman–Crippen MR) is 64.2 cm³/mol. The second kappa shape index (κ2) is 4.58. The summed E-state index contributed by atoms with van der Waals surface area (Å²) < 4.78 is 6.23. The van der Waals surface area contributed by atoms with Gasteiger partial charge in [-0.05, 0) is 47.0 Å². The number of rotatable bonds is 3. The molecule has 0 aliphatic heterocycles. The number of hydrogen-bond donors (Lipinski definition) is 0. The van der Waals surface area contributed by atoms with Crippen LogP contribution in [0.25, 0.3) is 0 Å². The Kier molecular flexibility index (Phi) is 3.39. The van der Waals surface area contributed by atoms with Gasteiger partial charge in [-0.2, -0.15) is 0 Å². The van der Waals surface area contributed by atoms with E-state index >= 15 is 0 Å². The first-order chi connectivity index (χ1) is 6.79. The van der Waals surface area contributed by atoms with Crippen molar-refractivity contribution in [3.8, 4) is 5.75 Å². The summed E-state index contributed by atoms with van der Waals surface area (Å²) in [7, 11) is 1.69. The van der Waals surface area contributed by atoms with Gasteiger partial charge in [0.05, 0.1) is 11.6 Å². The van der Waals surface area contributed by atoms with Crippen molar-refractivity contribution < 1.29 is 4.74 Å². The molecule has 1 aromatic carbocycles. The first kappa shape index (κ1) is 10.4. The zero-order valence-corrected chi connectivity index (χ0v) is 10.5. The summed E-state index contributed by atoms with van der Waals surface area (Å²) in [5, 5.41) is 0.843. The van der Waals surface area contributed by atoms with Crippen LogP contribution < -0.4 is 4.74 Å². The molecule has 2 rings (SSSR count). The van der Waals surface area contributed by atoms with E-state index in [9.17, 15) is 0 Å². The molecule has 1 aliphatic rings. The Morgan fingerprint density at radius 1 is 1.43 bits per heavy atom. The summed E-state index contributed by atoms with van der Waals surface area (Å²) in [6, 6.07) is 6.29. The van der Waals surface area contributed by atoms with Crippen molar-refractivity contribution in [3.63, 3.8) is 0 Å². The number of hydrogen-bond acceptors (Lipinski definition) is 2. The van der Waals surface area contributed by atoms with Gasteiger partial charge in [-0.3, -0.25) is 0 Å². The highest BCUT2D eigenvalue weighted by Gasteiger charge is 2.18. The second-order valence-electron chi connectivity index (χ2n) is 3.47. The zero-order valence-electron chi connectivity index (χ0n) is 8.13. The third-order valence-corrected chi connectivity index (χ3v) is 4.43. The fraction of sp³-hybridized carbons (Fsp3) is 0.455. The van der Waals surface area contributed by atoms with Gasteiger partial charge < -0.3 is 4.74 Å². The normalized spacial score (nSPS) is 16.4. The van der Waals surface area contributed by atoms with Crippen LogP contribution in [0.5, 0.6) is 5.75 Å². The largest absolute Gasteiger partial charge is 0.496 e. The third kappa shape index (κ3) is 2.26. The lowest BCUT2D eigenvalue weighted by Crippen LogP contribution is -2.12. The van der Waals surface area contributed by atoms with E-state index in [0.717, 1.165) is 15.5 Å². The first-order valence-electron chi connectivity index (χ1n) is 4.80. The molecule has 1 nitrogen and oxygen atoms in total. The Morgan fingerprint density at radius 2 is 2.21 bits per heavy atom. The van der Waals surface area contributed by atoms with Gasteiger partial charge in [0, 0.05) is 10.1 Å². The van der Waals surface area contributed by atoms with Gasteiger partial charge in [-0.15, -0.1) is 11.8 Å². The number of thioether (sulfide) groups is 1. The summed E-state index contributed by atoms with van der Waals surface area (Å²) in [6.45, 7) is 0. The van der Waals surface area contributed by atoms with Gasteiger partial charge in [0.25, 0.3) is 0 Å². The van der Waals surface area contributed by atoms with Gasteiger partial charge in [0.15, 0.2) is 0 Å². The molecule has 14 heavy (non-hydrogen) atoms. The lowest BCUT2D eigenvalue weighted by atomic mass is 10.0. The zero-order chi connectivity index (χ0) is 9.97. The maximum atomic E-state index is 5.19. The molecule has 0 N–H and O–H groups in total. The minimum Gasteiger partial charge on any atom is -0.496 e. The van der Waals surface area contributed by atoms with E-state index < -0.39 is 0 Å². The van der Waals surface area contributed by atoms with Gasteiger partial charge in [0.2, 0.25) is 0 Å². The van der Waals surface area contributed by atoms with Crippen LogP contribution in [0.2, 0.25) is 0 Å². The fourth-order valence-electron chi connectivity index (χ4n) is 1.40. The number of halogens is 1. The van der Waals surface area contributed by atoms with Crippen molar-refractivity contribution in [2.45, 2.75) is 29.4 Å². The van der Waals surface area contributed by atoms with Crippen LogP contribution in [0.15, 0.2) is 27.6 Å². The van der Waals surface area contributed by atoms with Crippen LogP contribution in [0.3, 0.4) is 0 Å². The minimum absolute atomic E-state index is 0.843. The molecule has 1 fully saturated rings. The van der Waals surface area contributed by atoms with Gasteiger partial charge in [-0.1, -0.05) is 6.42 Å². The van der Waals surface area contributed by atoms with Crippen LogP contribution in [0.4, 0.5) is 0 Å². The van der Waals surface area contributed by atoms with E-state index in [2.05, 4.69) is 28.1 Å². The van der Waals surface area contributed by atoms with E-state index in [1.807, 2.05) is 17.8 Å². The summed E-state index contributed by atoms with van der Waals surface area (Å²) in [5.41, 5.74) is 0. The minimum atomic E-state index is 0.843. The molecule has 0 amide bonds. The molecule has 1 aliphatic carbocycles. The van der Waals surface area contributed by atoms with E-state index in [-0.39, 0.29) is 0 Å². The number of ether oxygens (including phenoxy) is 1. The molecule has 1 saturated carbocycles. The fourth-order valence-corrected chi connectivity index (χ4v) is 3.38. The highest BCUT2D eigenvalue weighted by atomic mass is 79.9. The van der Waals surface area contributed by atoms with Crippen LogP contribution in [-0.4, -0.2) is 12.4 Å². The summed E-state index contributed by atoms with van der Waals surface area (Å²) in [4.78, 5) is 1.34. The van der Waals surface area contributed by atoms with Crippen LogP contribution >= 0.6 is 27.7 Å². The van der Waals surface area contributed by atoms with Crippen molar-refractivity contribution >= 4 is 27.7 Å². The average Bonchev–Trinajstić information content (AvgIpc) is 2.12. The van der Waals surface area contributed by atoms with Gasteiger partial charge in [-0.25, -0.2) is 0 Å². The van der Waals surface area contributed by atoms with E-state index in [1.54, 1.807) is 7.11 Å². The third-order valence-electron chi connectivity index (χ3n) is 2.48. The van der Waals surface area contributed by atoms with Crippen molar-refractivity contribution in [3.05, 3.63) is 22.7 Å². The predicted octanol–water partition coefficient (Wildman–Crippen LogP) is 4.10. The topological polar surface area (TPSA) is 9.23 Å². The van der Waals surface area contributed by atoms with Gasteiger partial charge >= 0.3 is 0 Å². The van der Waals surface area contributed by atoms with Crippen molar-refractivity contribution in [1.82, 2.24) is 0 Å². The number of methoxy groups -OCH3 is 1. The quantitative estimate of drug-likeness (QED) is 0.819. The van der Waals surface area contributed by atoms with Crippen molar-refractivity contribution in [1.29, 1.82) is 0 Å². The van der Waals surface area contributed by atoms with Crippen molar-refractivity contribution in [2.75, 3.05) is 7.11 Å². The first-order valence-corrected chi connectivity index (χ1v) is 6.47. The molecule has 0 aromatic heterocycles. The van der Waals surface area contributed by atoms with Crippen LogP contribution in [-0.2, 0) is 0 Å². The maximum Gasteiger partial charge on any atom is 0.133 e. The Bertz CT molecular complexity index is 323. The van der Waals surface area contributed by atoms with E-state index in [0.29, 0.717) is 0 Å².